The molecule has 0 radical (unpaired) electrons. The number of carbonyl (C=O) groups is 4. The van der Waals surface area contributed by atoms with Crippen molar-refractivity contribution in [2.24, 2.45) is 5.73 Å². The van der Waals surface area contributed by atoms with Crippen LogP contribution in [0, 0.1) is 24.7 Å². The number of hydrogen-bond donors (Lipinski definition) is 2. The number of imide groups is 1. The van der Waals surface area contributed by atoms with Gasteiger partial charge in [0.05, 0.1) is 59.2 Å². The van der Waals surface area contributed by atoms with E-state index in [9.17, 15) is 19.2 Å². The molecule has 3 N–H and O–H groups in total. The summed E-state index contributed by atoms with van der Waals surface area (Å²) in [6.45, 7) is 3.07. The molecule has 34 heavy (non-hydrogen) atoms. The number of carbonyl (C=O) groups excluding carboxylic acids is 4. The van der Waals surface area contributed by atoms with E-state index in [-0.39, 0.29) is 38.3 Å². The van der Waals surface area contributed by atoms with Gasteiger partial charge in [-0.05, 0) is 0 Å². The van der Waals surface area contributed by atoms with E-state index in [1.807, 2.05) is 0 Å². The minimum absolute atomic E-state index is 0.0131. The number of amides is 3. The summed E-state index contributed by atoms with van der Waals surface area (Å²) in [5.41, 5.74) is 4.79. The van der Waals surface area contributed by atoms with Gasteiger partial charge >= 0.3 is 5.97 Å². The van der Waals surface area contributed by atoms with Crippen molar-refractivity contribution >= 4 is 23.7 Å². The third-order valence-corrected chi connectivity index (χ3v) is 3.49. The number of nitrogens with two attached hydrogens (primary N) is 1. The van der Waals surface area contributed by atoms with E-state index in [1.54, 1.807) is 14.2 Å². The third-order valence-electron chi connectivity index (χ3n) is 3.49. The molecular formula is C22H35N3O9. The number of nitrogens with zero attached hydrogens (tertiary/aromatic N) is 1. The highest BCUT2D eigenvalue weighted by atomic mass is 16.7. The van der Waals surface area contributed by atoms with Crippen LogP contribution < -0.4 is 11.1 Å². The highest BCUT2D eigenvalue weighted by molar-refractivity contribution is 6.01. The molecule has 12 heteroatoms. The Morgan fingerprint density at radius 2 is 1.41 bits per heavy atom. The number of ether oxygens (including phenoxy) is 4. The maximum atomic E-state index is 11.2. The van der Waals surface area contributed by atoms with Crippen molar-refractivity contribution in [1.82, 2.24) is 10.4 Å². The van der Waals surface area contributed by atoms with Crippen LogP contribution in [-0.2, 0) is 43.0 Å². The monoisotopic (exact) mass is 485 g/mol. The van der Waals surface area contributed by atoms with Crippen molar-refractivity contribution < 1.29 is 43.0 Å². The van der Waals surface area contributed by atoms with E-state index >= 15 is 0 Å². The number of hydrogen-bond acceptors (Lipinski definition) is 10. The van der Waals surface area contributed by atoms with Gasteiger partial charge in [-0.1, -0.05) is 11.8 Å². The van der Waals surface area contributed by atoms with E-state index in [0.717, 1.165) is 0 Å². The smallest absolute Gasteiger partial charge is 0.335 e. The van der Waals surface area contributed by atoms with Crippen LogP contribution in [0.25, 0.3) is 0 Å². The Balaban J connectivity index is 0. The van der Waals surface area contributed by atoms with Crippen molar-refractivity contribution in [3.8, 4) is 24.7 Å². The lowest BCUT2D eigenvalue weighted by molar-refractivity contribution is -0.198. The molecule has 0 bridgehead atoms. The average molecular weight is 486 g/mol. The maximum absolute atomic E-state index is 11.2. The molecule has 12 nitrogen and oxygen atoms in total. The van der Waals surface area contributed by atoms with Gasteiger partial charge < -0.3 is 34.8 Å². The van der Waals surface area contributed by atoms with Crippen LogP contribution in [-0.4, -0.2) is 95.7 Å². The molecule has 0 unspecified atom stereocenters. The Kier molecular flexibility index (Phi) is 24.0. The summed E-state index contributed by atoms with van der Waals surface area (Å²) in [4.78, 5) is 49.0. The largest absolute Gasteiger partial charge is 0.382 e. The SMILES string of the molecule is C#CCN.C#CCNC(=O)CCOCCOC.COCCOCCC(=O)ON1C(=O)CCC1=O. The van der Waals surface area contributed by atoms with Gasteiger partial charge in [0, 0.05) is 33.5 Å². The van der Waals surface area contributed by atoms with E-state index in [2.05, 4.69) is 28.4 Å². The van der Waals surface area contributed by atoms with Gasteiger partial charge in [-0.3, -0.25) is 14.4 Å². The fraction of sp³-hybridized carbons (Fsp3) is 0.636. The van der Waals surface area contributed by atoms with Gasteiger partial charge in [0.1, 0.15) is 0 Å². The molecule has 0 aromatic rings. The highest BCUT2D eigenvalue weighted by Gasteiger charge is 2.32. The average Bonchev–Trinajstić information content (AvgIpc) is 3.15. The Labute approximate surface area is 200 Å². The minimum atomic E-state index is -0.661. The zero-order valence-electron chi connectivity index (χ0n) is 19.8. The number of nitrogens with one attached hydrogen (secondary N) is 1. The van der Waals surface area contributed by atoms with Crippen LogP contribution >= 0.6 is 0 Å². The van der Waals surface area contributed by atoms with Crippen LogP contribution in [0.4, 0.5) is 0 Å². The Bertz CT molecular complexity index is 656. The Morgan fingerprint density at radius 3 is 1.85 bits per heavy atom. The number of rotatable bonds is 14. The van der Waals surface area contributed by atoms with Gasteiger partial charge in [0.25, 0.3) is 11.8 Å². The van der Waals surface area contributed by atoms with Crippen LogP contribution in [0.15, 0.2) is 0 Å². The van der Waals surface area contributed by atoms with Gasteiger partial charge in [0.2, 0.25) is 5.91 Å². The molecule has 0 spiro atoms. The highest BCUT2D eigenvalue weighted by Crippen LogP contribution is 2.12. The second-order valence-corrected chi connectivity index (χ2v) is 6.14. The molecule has 0 aromatic carbocycles. The quantitative estimate of drug-likeness (QED) is 0.178. The summed E-state index contributed by atoms with van der Waals surface area (Å²) in [5.74, 6) is 2.81. The Morgan fingerprint density at radius 1 is 0.912 bits per heavy atom. The molecule has 0 aliphatic carbocycles. The topological polar surface area (TPSA) is 156 Å². The molecule has 192 valence electrons. The van der Waals surface area contributed by atoms with Crippen molar-refractivity contribution in [3.63, 3.8) is 0 Å². The second kappa shape index (κ2) is 24.6. The van der Waals surface area contributed by atoms with Crippen LogP contribution in [0.3, 0.4) is 0 Å². The van der Waals surface area contributed by atoms with Crippen molar-refractivity contribution in [2.75, 3.05) is 67.0 Å². The maximum Gasteiger partial charge on any atom is 0.335 e. The third kappa shape index (κ3) is 20.9. The van der Waals surface area contributed by atoms with Crippen molar-refractivity contribution in [2.45, 2.75) is 25.7 Å². The van der Waals surface area contributed by atoms with Crippen LogP contribution in [0.5, 0.6) is 0 Å². The summed E-state index contributed by atoms with van der Waals surface area (Å²) in [6.07, 6.45) is 10.1. The molecule has 0 aromatic heterocycles. The normalized spacial score (nSPS) is 11.9. The minimum Gasteiger partial charge on any atom is -0.382 e. The summed E-state index contributed by atoms with van der Waals surface area (Å²) in [6, 6.07) is 0. The predicted octanol–water partition coefficient (Wildman–Crippen LogP) is -0.986. The van der Waals surface area contributed by atoms with Crippen molar-refractivity contribution in [3.05, 3.63) is 0 Å². The number of terminal acetylenes is 2. The molecule has 1 heterocycles. The lowest BCUT2D eigenvalue weighted by Gasteiger charge is -2.12. The lowest BCUT2D eigenvalue weighted by Crippen LogP contribution is -2.32. The Hall–Kier alpha value is -3.00. The summed E-state index contributed by atoms with van der Waals surface area (Å²) in [5, 5.41) is 3.06. The molecular weight excluding hydrogens is 450 g/mol. The molecule has 0 atom stereocenters. The molecule has 0 saturated carbocycles. The summed E-state index contributed by atoms with van der Waals surface area (Å²) >= 11 is 0. The second-order valence-electron chi connectivity index (χ2n) is 6.14. The molecule has 1 aliphatic heterocycles. The fourth-order valence-corrected chi connectivity index (χ4v) is 1.85. The van der Waals surface area contributed by atoms with E-state index < -0.39 is 17.8 Å². The molecule has 3 amide bonds. The van der Waals surface area contributed by atoms with Gasteiger partial charge in [0.15, 0.2) is 0 Å². The first-order chi connectivity index (χ1) is 16.4. The van der Waals surface area contributed by atoms with Crippen LogP contribution in [0.1, 0.15) is 25.7 Å². The summed E-state index contributed by atoms with van der Waals surface area (Å²) in [7, 11) is 3.14. The van der Waals surface area contributed by atoms with Gasteiger partial charge in [-0.2, -0.15) is 0 Å². The zero-order chi connectivity index (χ0) is 26.0. The predicted molar refractivity (Wildman–Crippen MR) is 122 cm³/mol. The van der Waals surface area contributed by atoms with Crippen LogP contribution in [0.2, 0.25) is 0 Å². The number of hydroxylamine groups is 2. The number of methoxy groups -OCH3 is 2. The van der Waals surface area contributed by atoms with Crippen molar-refractivity contribution in [1.29, 1.82) is 0 Å². The van der Waals surface area contributed by atoms with Gasteiger partial charge in [-0.15, -0.1) is 17.9 Å². The molecule has 1 aliphatic rings. The van der Waals surface area contributed by atoms with E-state index in [1.165, 1.54) is 0 Å². The fourth-order valence-electron chi connectivity index (χ4n) is 1.85. The first-order valence-electron chi connectivity index (χ1n) is 10.4. The molecule has 1 saturated heterocycles. The molecule has 1 fully saturated rings. The molecule has 1 rings (SSSR count). The van der Waals surface area contributed by atoms with Gasteiger partial charge in [-0.25, -0.2) is 4.79 Å². The zero-order valence-corrected chi connectivity index (χ0v) is 19.8. The standard InChI is InChI=1S/C10H15NO6.C9H15NO3.C3H5N/c1-15-6-7-16-5-4-10(14)17-11-8(12)2-3-9(11)13;1-3-5-10-9(11)4-6-13-8-7-12-2;1-2-3-4/h2-7H2,1H3;1H,4-8H2,2H3,(H,10,11);1H,3-4H2. The lowest BCUT2D eigenvalue weighted by atomic mass is 10.4. The summed E-state index contributed by atoms with van der Waals surface area (Å²) < 4.78 is 19.6. The first-order valence-corrected chi connectivity index (χ1v) is 10.4. The first kappa shape index (κ1) is 33.2. The van der Waals surface area contributed by atoms with E-state index in [0.29, 0.717) is 51.1 Å². The van der Waals surface area contributed by atoms with E-state index in [4.69, 9.17) is 31.1 Å².